The summed E-state index contributed by atoms with van der Waals surface area (Å²) in [5.41, 5.74) is 1.84. The topological polar surface area (TPSA) is 44.8 Å². The van der Waals surface area contributed by atoms with Crippen molar-refractivity contribution in [3.63, 3.8) is 0 Å². The van der Waals surface area contributed by atoms with Crippen LogP contribution in [0, 0.1) is 5.92 Å². The van der Waals surface area contributed by atoms with Gasteiger partial charge in [-0.1, -0.05) is 74.5 Å². The van der Waals surface area contributed by atoms with Crippen molar-refractivity contribution in [2.45, 2.75) is 40.1 Å². The zero-order valence-electron chi connectivity index (χ0n) is 14.4. The molecule has 0 aliphatic heterocycles. The molecule has 0 aliphatic carbocycles. The largest absolute Gasteiger partial charge is 0.475 e. The summed E-state index contributed by atoms with van der Waals surface area (Å²) < 4.78 is 29.8. The fraction of sp³-hybridized carbons (Fsp3) is 0.368. The van der Waals surface area contributed by atoms with E-state index in [4.69, 9.17) is 13.6 Å². The van der Waals surface area contributed by atoms with Crippen molar-refractivity contribution in [2.24, 2.45) is 5.92 Å². The highest BCUT2D eigenvalue weighted by Crippen LogP contribution is 2.52. The minimum absolute atomic E-state index is 0.178. The van der Waals surface area contributed by atoms with E-state index in [9.17, 15) is 4.57 Å². The molecule has 1 unspecified atom stereocenters. The van der Waals surface area contributed by atoms with Gasteiger partial charge in [0.1, 0.15) is 0 Å². The molecule has 0 heterocycles. The molecule has 0 aromatic heterocycles. The fourth-order valence-electron chi connectivity index (χ4n) is 1.88. The van der Waals surface area contributed by atoms with E-state index in [1.54, 1.807) is 0 Å². The van der Waals surface area contributed by atoms with Gasteiger partial charge in [0.25, 0.3) is 0 Å². The van der Waals surface area contributed by atoms with Crippen LogP contribution >= 0.6 is 7.82 Å². The lowest BCUT2D eigenvalue weighted by Crippen LogP contribution is -2.16. The van der Waals surface area contributed by atoms with Gasteiger partial charge < -0.3 is 0 Å². The van der Waals surface area contributed by atoms with E-state index in [0.29, 0.717) is 0 Å². The number of benzene rings is 2. The molecule has 0 aliphatic rings. The Bertz CT molecular complexity index is 595. The lowest BCUT2D eigenvalue weighted by Gasteiger charge is -2.24. The maximum absolute atomic E-state index is 13.0. The molecular formula is C19H25O4P. The molecule has 130 valence electrons. The molecule has 0 radical (unpaired) electrons. The monoisotopic (exact) mass is 348 g/mol. The number of phosphoric ester groups is 1. The van der Waals surface area contributed by atoms with Gasteiger partial charge in [-0.3, -0.25) is 13.6 Å². The van der Waals surface area contributed by atoms with Gasteiger partial charge >= 0.3 is 7.82 Å². The molecule has 24 heavy (non-hydrogen) atoms. The van der Waals surface area contributed by atoms with Crippen molar-refractivity contribution in [1.29, 1.82) is 0 Å². The average Bonchev–Trinajstić information content (AvgIpc) is 2.60. The number of phosphoric acid groups is 1. The molecule has 0 bridgehead atoms. The van der Waals surface area contributed by atoms with Gasteiger partial charge in [0.2, 0.25) is 0 Å². The minimum atomic E-state index is -3.66. The fourth-order valence-corrected chi connectivity index (χ4v) is 3.34. The maximum Gasteiger partial charge on any atom is 0.475 e. The summed E-state index contributed by atoms with van der Waals surface area (Å²) >= 11 is 0. The van der Waals surface area contributed by atoms with E-state index in [1.807, 2.05) is 81.4 Å². The van der Waals surface area contributed by atoms with Crippen molar-refractivity contribution < 1.29 is 18.1 Å². The second-order valence-electron chi connectivity index (χ2n) is 6.02. The average molecular weight is 348 g/mol. The van der Waals surface area contributed by atoms with E-state index < -0.39 is 7.82 Å². The van der Waals surface area contributed by atoms with Gasteiger partial charge in [0.05, 0.1) is 19.3 Å². The van der Waals surface area contributed by atoms with Crippen LogP contribution in [0.15, 0.2) is 60.7 Å². The zero-order valence-corrected chi connectivity index (χ0v) is 15.3. The molecule has 2 aromatic rings. The van der Waals surface area contributed by atoms with Crippen LogP contribution in [0.25, 0.3) is 0 Å². The minimum Gasteiger partial charge on any atom is -0.284 e. The van der Waals surface area contributed by atoms with Gasteiger partial charge in [0.15, 0.2) is 0 Å². The predicted molar refractivity (Wildman–Crippen MR) is 95.5 cm³/mol. The van der Waals surface area contributed by atoms with Crippen LogP contribution in [0.4, 0.5) is 0 Å². The van der Waals surface area contributed by atoms with Crippen molar-refractivity contribution in [2.75, 3.05) is 0 Å². The molecule has 0 fully saturated rings. The molecule has 2 rings (SSSR count). The summed E-state index contributed by atoms with van der Waals surface area (Å²) in [5, 5.41) is 0. The summed E-state index contributed by atoms with van der Waals surface area (Å²) in [4.78, 5) is 0. The van der Waals surface area contributed by atoms with Crippen LogP contribution in [-0.4, -0.2) is 6.10 Å². The third kappa shape index (κ3) is 6.21. The van der Waals surface area contributed by atoms with Gasteiger partial charge in [-0.05, 0) is 24.0 Å². The number of hydrogen-bond donors (Lipinski definition) is 0. The standard InChI is InChI=1S/C19H25O4P/c1-16(2)17(3)23-24(20,21-14-18-10-6-4-7-11-18)22-15-19-12-8-5-9-13-19/h4-13,16-17H,14-15H2,1-3H3. The molecule has 2 aromatic carbocycles. The first-order chi connectivity index (χ1) is 11.5. The van der Waals surface area contributed by atoms with Gasteiger partial charge in [-0.15, -0.1) is 0 Å². The third-order valence-corrected chi connectivity index (χ3v) is 5.18. The summed E-state index contributed by atoms with van der Waals surface area (Å²) in [5.74, 6) is 0.207. The Kier molecular flexibility index (Phi) is 7.19. The molecule has 5 heteroatoms. The highest BCUT2D eigenvalue weighted by atomic mass is 31.2. The Labute approximate surface area is 144 Å². The van der Waals surface area contributed by atoms with E-state index in [2.05, 4.69) is 0 Å². The van der Waals surface area contributed by atoms with Crippen molar-refractivity contribution in [3.05, 3.63) is 71.8 Å². The highest BCUT2D eigenvalue weighted by molar-refractivity contribution is 7.48. The smallest absolute Gasteiger partial charge is 0.284 e. The second kappa shape index (κ2) is 9.14. The Hall–Kier alpha value is -1.45. The highest BCUT2D eigenvalue weighted by Gasteiger charge is 2.30. The van der Waals surface area contributed by atoms with Crippen LogP contribution < -0.4 is 0 Å². The molecule has 0 N–H and O–H groups in total. The molecular weight excluding hydrogens is 323 g/mol. The lowest BCUT2D eigenvalue weighted by atomic mass is 10.1. The first kappa shape index (κ1) is 18.9. The number of rotatable bonds is 9. The summed E-state index contributed by atoms with van der Waals surface area (Å²) in [6.07, 6.45) is -0.234. The van der Waals surface area contributed by atoms with Crippen LogP contribution in [0.2, 0.25) is 0 Å². The van der Waals surface area contributed by atoms with Crippen LogP contribution in [0.5, 0.6) is 0 Å². The molecule has 4 nitrogen and oxygen atoms in total. The summed E-state index contributed by atoms with van der Waals surface area (Å²) in [6, 6.07) is 19.1. The van der Waals surface area contributed by atoms with E-state index in [1.165, 1.54) is 0 Å². The van der Waals surface area contributed by atoms with Crippen LogP contribution in [0.3, 0.4) is 0 Å². The lowest BCUT2D eigenvalue weighted by molar-refractivity contribution is 0.0594. The third-order valence-electron chi connectivity index (χ3n) is 3.70. The first-order valence-corrected chi connectivity index (χ1v) is 9.60. The predicted octanol–water partition coefficient (Wildman–Crippen LogP) is 5.59. The van der Waals surface area contributed by atoms with Crippen LogP contribution in [0.1, 0.15) is 31.9 Å². The molecule has 1 atom stereocenters. The van der Waals surface area contributed by atoms with E-state index in [-0.39, 0.29) is 25.2 Å². The van der Waals surface area contributed by atoms with Crippen molar-refractivity contribution in [1.82, 2.24) is 0 Å². The number of hydrogen-bond acceptors (Lipinski definition) is 4. The van der Waals surface area contributed by atoms with Crippen molar-refractivity contribution >= 4 is 7.82 Å². The maximum atomic E-state index is 13.0. The molecule has 0 spiro atoms. The Morgan fingerprint density at radius 1 is 0.792 bits per heavy atom. The SMILES string of the molecule is CC(C)C(C)OP(=O)(OCc1ccccc1)OCc1ccccc1. The van der Waals surface area contributed by atoms with E-state index >= 15 is 0 Å². The normalized spacial score (nSPS) is 13.2. The van der Waals surface area contributed by atoms with Gasteiger partial charge in [-0.25, -0.2) is 4.57 Å². The summed E-state index contributed by atoms with van der Waals surface area (Å²) in [7, 11) is -3.66. The van der Waals surface area contributed by atoms with E-state index in [0.717, 1.165) is 11.1 Å². The zero-order chi connectivity index (χ0) is 17.4. The van der Waals surface area contributed by atoms with Crippen molar-refractivity contribution in [3.8, 4) is 0 Å². The van der Waals surface area contributed by atoms with Crippen LogP contribution in [-0.2, 0) is 31.4 Å². The molecule has 0 amide bonds. The Morgan fingerprint density at radius 2 is 1.21 bits per heavy atom. The Morgan fingerprint density at radius 3 is 1.58 bits per heavy atom. The Balaban J connectivity index is 2.03. The summed E-state index contributed by atoms with van der Waals surface area (Å²) in [6.45, 7) is 6.23. The van der Waals surface area contributed by atoms with Gasteiger partial charge in [-0.2, -0.15) is 0 Å². The second-order valence-corrected chi connectivity index (χ2v) is 7.64. The first-order valence-electron chi connectivity index (χ1n) is 8.14. The quantitative estimate of drug-likeness (QED) is 0.554. The molecule has 0 saturated heterocycles. The molecule has 0 saturated carbocycles. The van der Waals surface area contributed by atoms with Gasteiger partial charge in [0, 0.05) is 0 Å².